The third-order valence-corrected chi connectivity index (χ3v) is 3.06. The molecule has 0 N–H and O–H groups in total. The zero-order valence-corrected chi connectivity index (χ0v) is 10.9. The number of carbonyl (C=O) groups is 1. The predicted octanol–water partition coefficient (Wildman–Crippen LogP) is 2.10. The van der Waals surface area contributed by atoms with E-state index in [1.807, 2.05) is 0 Å². The molecule has 0 spiro atoms. The third kappa shape index (κ3) is 4.62. The molecule has 1 saturated heterocycles. The van der Waals surface area contributed by atoms with Crippen LogP contribution in [0.4, 0.5) is 0 Å². The maximum atomic E-state index is 11.5. The third-order valence-electron chi connectivity index (χ3n) is 3.06. The molecule has 0 amide bonds. The van der Waals surface area contributed by atoms with Crippen LogP contribution in [0.1, 0.15) is 40.0 Å². The van der Waals surface area contributed by atoms with Crippen LogP contribution in [0.2, 0.25) is 0 Å². The van der Waals surface area contributed by atoms with Gasteiger partial charge in [0, 0.05) is 13.2 Å². The summed E-state index contributed by atoms with van der Waals surface area (Å²) >= 11 is 0. The molecule has 0 aromatic rings. The van der Waals surface area contributed by atoms with E-state index in [1.165, 1.54) is 12.8 Å². The van der Waals surface area contributed by atoms with Gasteiger partial charge in [0.1, 0.15) is 5.78 Å². The lowest BCUT2D eigenvalue weighted by Gasteiger charge is -2.33. The highest BCUT2D eigenvalue weighted by atomic mass is 16.5. The lowest BCUT2D eigenvalue weighted by Crippen LogP contribution is -2.45. The normalized spacial score (nSPS) is 22.6. The van der Waals surface area contributed by atoms with Crippen molar-refractivity contribution in [2.45, 2.75) is 46.1 Å². The van der Waals surface area contributed by atoms with E-state index in [2.05, 4.69) is 18.7 Å². The lowest BCUT2D eigenvalue weighted by atomic mass is 9.99. The van der Waals surface area contributed by atoms with Crippen LogP contribution < -0.4 is 0 Å². The maximum absolute atomic E-state index is 11.5. The molecule has 0 aromatic heterocycles. The predicted molar refractivity (Wildman–Crippen MR) is 65.6 cm³/mol. The number of ketones is 1. The number of piperidine rings is 1. The Morgan fingerprint density at radius 3 is 2.81 bits per heavy atom. The maximum Gasteiger partial charge on any atom is 0.146 e. The Labute approximate surface area is 99.1 Å². The molecule has 1 aliphatic rings. The molecule has 1 rings (SSSR count). The van der Waals surface area contributed by atoms with Crippen LogP contribution in [0.25, 0.3) is 0 Å². The van der Waals surface area contributed by atoms with Crippen LogP contribution in [-0.4, -0.2) is 43.0 Å². The monoisotopic (exact) mass is 227 g/mol. The van der Waals surface area contributed by atoms with Gasteiger partial charge in [-0.3, -0.25) is 9.69 Å². The standard InChI is InChI=1S/C13H25NO2/c1-11(2)10-16-9-8-14-7-5-4-6-13(14)12(3)15/h11,13H,4-10H2,1-3H3. The van der Waals surface area contributed by atoms with Gasteiger partial charge >= 0.3 is 0 Å². The Bertz CT molecular complexity index is 216. The van der Waals surface area contributed by atoms with Crippen molar-refractivity contribution in [1.29, 1.82) is 0 Å². The molecule has 16 heavy (non-hydrogen) atoms. The highest BCUT2D eigenvalue weighted by molar-refractivity contribution is 5.81. The zero-order chi connectivity index (χ0) is 12.0. The fourth-order valence-electron chi connectivity index (χ4n) is 2.22. The van der Waals surface area contributed by atoms with Gasteiger partial charge in [-0.1, -0.05) is 20.3 Å². The average molecular weight is 227 g/mol. The number of likely N-dealkylation sites (tertiary alicyclic amines) is 1. The van der Waals surface area contributed by atoms with Crippen molar-refractivity contribution in [2.24, 2.45) is 5.92 Å². The Balaban J connectivity index is 2.24. The number of ether oxygens (including phenoxy) is 1. The summed E-state index contributed by atoms with van der Waals surface area (Å²) in [6.45, 7) is 9.53. The van der Waals surface area contributed by atoms with Crippen LogP contribution in [0, 0.1) is 5.92 Å². The van der Waals surface area contributed by atoms with Gasteiger partial charge in [0.2, 0.25) is 0 Å². The summed E-state index contributed by atoms with van der Waals surface area (Å²) in [5.41, 5.74) is 0. The van der Waals surface area contributed by atoms with E-state index in [0.717, 1.165) is 32.7 Å². The minimum absolute atomic E-state index is 0.149. The molecule has 1 fully saturated rings. The molecule has 1 atom stereocenters. The topological polar surface area (TPSA) is 29.5 Å². The number of nitrogens with zero attached hydrogens (tertiary/aromatic N) is 1. The molecular formula is C13H25NO2. The molecule has 3 heteroatoms. The minimum Gasteiger partial charge on any atom is -0.380 e. The second kappa shape index (κ2) is 7.02. The Morgan fingerprint density at radius 1 is 1.44 bits per heavy atom. The molecular weight excluding hydrogens is 202 g/mol. The average Bonchev–Trinajstić information content (AvgIpc) is 2.24. The first-order chi connectivity index (χ1) is 7.61. The molecule has 0 bridgehead atoms. The number of hydrogen-bond acceptors (Lipinski definition) is 3. The lowest BCUT2D eigenvalue weighted by molar-refractivity contribution is -0.123. The second-order valence-electron chi connectivity index (χ2n) is 5.13. The summed E-state index contributed by atoms with van der Waals surface area (Å²) < 4.78 is 5.57. The molecule has 94 valence electrons. The molecule has 0 radical (unpaired) electrons. The minimum atomic E-state index is 0.149. The van der Waals surface area contributed by atoms with Crippen molar-refractivity contribution in [2.75, 3.05) is 26.3 Å². The highest BCUT2D eigenvalue weighted by Gasteiger charge is 2.25. The summed E-state index contributed by atoms with van der Waals surface area (Å²) in [6.07, 6.45) is 3.43. The quantitative estimate of drug-likeness (QED) is 0.651. The van der Waals surface area contributed by atoms with E-state index in [1.54, 1.807) is 6.92 Å². The first-order valence-corrected chi connectivity index (χ1v) is 6.43. The first kappa shape index (κ1) is 13.7. The van der Waals surface area contributed by atoms with Crippen LogP contribution in [0.15, 0.2) is 0 Å². The van der Waals surface area contributed by atoms with Gasteiger partial charge < -0.3 is 4.74 Å². The Hall–Kier alpha value is -0.410. The Morgan fingerprint density at radius 2 is 2.19 bits per heavy atom. The van der Waals surface area contributed by atoms with E-state index in [4.69, 9.17) is 4.74 Å². The number of rotatable bonds is 6. The fraction of sp³-hybridized carbons (Fsp3) is 0.923. The van der Waals surface area contributed by atoms with E-state index in [9.17, 15) is 4.79 Å². The van der Waals surface area contributed by atoms with E-state index < -0.39 is 0 Å². The smallest absolute Gasteiger partial charge is 0.146 e. The van der Waals surface area contributed by atoms with E-state index in [0.29, 0.717) is 11.7 Å². The SMILES string of the molecule is CC(=O)C1CCCCN1CCOCC(C)C. The molecule has 3 nitrogen and oxygen atoms in total. The largest absolute Gasteiger partial charge is 0.380 e. The van der Waals surface area contributed by atoms with E-state index in [-0.39, 0.29) is 6.04 Å². The van der Waals surface area contributed by atoms with Crippen LogP contribution in [-0.2, 0) is 9.53 Å². The summed E-state index contributed by atoms with van der Waals surface area (Å²) in [7, 11) is 0. The molecule has 1 unspecified atom stereocenters. The number of hydrogen-bond donors (Lipinski definition) is 0. The van der Waals surface area contributed by atoms with Gasteiger partial charge in [0.15, 0.2) is 0 Å². The van der Waals surface area contributed by atoms with Gasteiger partial charge in [0.05, 0.1) is 12.6 Å². The summed E-state index contributed by atoms with van der Waals surface area (Å²) in [5.74, 6) is 0.897. The van der Waals surface area contributed by atoms with Crippen LogP contribution in [0.5, 0.6) is 0 Å². The van der Waals surface area contributed by atoms with Crippen molar-refractivity contribution in [3.8, 4) is 0 Å². The summed E-state index contributed by atoms with van der Waals surface area (Å²) in [6, 6.07) is 0.149. The molecule has 0 aromatic carbocycles. The Kier molecular flexibility index (Phi) is 5.99. The van der Waals surface area contributed by atoms with Crippen molar-refractivity contribution >= 4 is 5.78 Å². The van der Waals surface area contributed by atoms with Gasteiger partial charge in [-0.05, 0) is 32.2 Å². The van der Waals surface area contributed by atoms with Crippen molar-refractivity contribution in [3.63, 3.8) is 0 Å². The summed E-state index contributed by atoms with van der Waals surface area (Å²) in [5, 5.41) is 0. The number of carbonyl (C=O) groups excluding carboxylic acids is 1. The van der Waals surface area contributed by atoms with Crippen molar-refractivity contribution in [1.82, 2.24) is 4.90 Å². The highest BCUT2D eigenvalue weighted by Crippen LogP contribution is 2.17. The first-order valence-electron chi connectivity index (χ1n) is 6.43. The fourth-order valence-corrected chi connectivity index (χ4v) is 2.22. The van der Waals surface area contributed by atoms with Gasteiger partial charge in [-0.25, -0.2) is 0 Å². The zero-order valence-electron chi connectivity index (χ0n) is 10.9. The van der Waals surface area contributed by atoms with Crippen LogP contribution >= 0.6 is 0 Å². The van der Waals surface area contributed by atoms with Crippen molar-refractivity contribution < 1.29 is 9.53 Å². The second-order valence-corrected chi connectivity index (χ2v) is 5.13. The number of Topliss-reactive ketones (excluding diaryl/α,β-unsaturated/α-hetero) is 1. The van der Waals surface area contributed by atoms with Gasteiger partial charge in [-0.15, -0.1) is 0 Å². The van der Waals surface area contributed by atoms with E-state index >= 15 is 0 Å². The molecule has 0 aliphatic carbocycles. The molecule has 1 heterocycles. The molecule has 0 saturated carbocycles. The van der Waals surface area contributed by atoms with Gasteiger partial charge in [0.25, 0.3) is 0 Å². The molecule has 1 aliphatic heterocycles. The summed E-state index contributed by atoms with van der Waals surface area (Å²) in [4.78, 5) is 13.8. The van der Waals surface area contributed by atoms with Crippen LogP contribution in [0.3, 0.4) is 0 Å². The van der Waals surface area contributed by atoms with Crippen molar-refractivity contribution in [3.05, 3.63) is 0 Å². The van der Waals surface area contributed by atoms with Gasteiger partial charge in [-0.2, -0.15) is 0 Å².